The molecule has 9 rings (SSSR count). The smallest absolute Gasteiger partial charge is 0.494 e. The van der Waals surface area contributed by atoms with Crippen molar-refractivity contribution >= 4 is 53.8 Å². The number of carbonyl (C=O) groups is 7. The van der Waals surface area contributed by atoms with Crippen LogP contribution >= 0.6 is 0 Å². The van der Waals surface area contributed by atoms with Gasteiger partial charge in [0.2, 0.25) is 29.5 Å². The van der Waals surface area contributed by atoms with Crippen molar-refractivity contribution in [3.05, 3.63) is 134 Å². The summed E-state index contributed by atoms with van der Waals surface area (Å²) in [7, 11) is 7.14. The molecule has 0 saturated carbocycles. The molecule has 27 heteroatoms. The Balaban J connectivity index is 0.0000127. The normalized spacial score (nSPS) is 26.4. The van der Waals surface area contributed by atoms with Gasteiger partial charge in [-0.15, -0.1) is 0 Å². The third-order valence-corrected chi connectivity index (χ3v) is 18.6. The average Bonchev–Trinajstić information content (AvgIpc) is 1.77. The molecule has 26 nitrogen and oxygen atoms in total. The van der Waals surface area contributed by atoms with Crippen LogP contribution in [0.4, 0.5) is 0 Å². The van der Waals surface area contributed by atoms with Crippen LogP contribution in [-0.2, 0) is 42.8 Å². The molecule has 4 aliphatic heterocycles. The van der Waals surface area contributed by atoms with Crippen LogP contribution in [0.25, 0.3) is 22.3 Å². The first-order valence-corrected chi connectivity index (χ1v) is 33.6. The largest absolute Gasteiger partial charge is 0.508 e. The van der Waals surface area contributed by atoms with Crippen molar-refractivity contribution in [2.24, 2.45) is 11.8 Å². The number of aliphatic hydroxyl groups is 5. The average molecular weight is 1390 g/mol. The van der Waals surface area contributed by atoms with Gasteiger partial charge in [-0.3, -0.25) is 33.6 Å². The van der Waals surface area contributed by atoms with Gasteiger partial charge in [0.15, 0.2) is 23.5 Å². The Morgan fingerprint density at radius 1 is 0.700 bits per heavy atom. The predicted molar refractivity (Wildman–Crippen MR) is 370 cm³/mol. The summed E-state index contributed by atoms with van der Waals surface area (Å²) in [6.45, 7) is 6.12. The molecule has 0 unspecified atom stereocenters. The van der Waals surface area contributed by atoms with Gasteiger partial charge < -0.3 is 102 Å². The summed E-state index contributed by atoms with van der Waals surface area (Å²) in [5.41, 5.74) is 4.30. The first-order chi connectivity index (χ1) is 47.2. The van der Waals surface area contributed by atoms with E-state index in [4.69, 9.17) is 28.3 Å². The number of Topliss-reactive ketones (excluding diaryl/α,β-unsaturated/α-hetero) is 1. The van der Waals surface area contributed by atoms with Gasteiger partial charge in [-0.25, -0.2) is 0 Å². The molecule has 4 fully saturated rings. The van der Waals surface area contributed by atoms with Gasteiger partial charge in [0.25, 0.3) is 5.91 Å². The summed E-state index contributed by atoms with van der Waals surface area (Å²) in [5, 5.41) is 79.5. The van der Waals surface area contributed by atoms with Gasteiger partial charge >= 0.3 is 7.12 Å². The minimum absolute atomic E-state index is 0. The van der Waals surface area contributed by atoms with E-state index in [1.54, 1.807) is 37.3 Å². The molecule has 4 saturated heterocycles. The van der Waals surface area contributed by atoms with E-state index in [1.807, 2.05) is 69.7 Å². The highest BCUT2D eigenvalue weighted by molar-refractivity contribution is 6.62. The third-order valence-electron chi connectivity index (χ3n) is 18.6. The van der Waals surface area contributed by atoms with Crippen LogP contribution < -0.4 is 40.9 Å². The zero-order valence-corrected chi connectivity index (χ0v) is 58.3. The Morgan fingerprint density at radius 3 is 1.86 bits per heavy atom. The van der Waals surface area contributed by atoms with Crippen LogP contribution in [0.15, 0.2) is 115 Å². The molecule has 4 heterocycles. The van der Waals surface area contributed by atoms with Gasteiger partial charge in [-0.2, -0.15) is 0 Å². The Kier molecular flexibility index (Phi) is 26.4. The summed E-state index contributed by atoms with van der Waals surface area (Å²) in [5.74, 6) is -8.24. The van der Waals surface area contributed by atoms with Crippen LogP contribution in [0.2, 0.25) is 0 Å². The molecule has 0 radical (unpaired) electrons. The third kappa shape index (κ3) is 18.7. The summed E-state index contributed by atoms with van der Waals surface area (Å²) in [6.07, 6.45) is -11.6. The van der Waals surface area contributed by atoms with E-state index in [0.29, 0.717) is 34.4 Å². The SMILES string of the molecule is CCCCCOc1ccc(-c2ccc(-c3ccc(C(=O)N[C@H]4C[C@@H](O)[C@@H](OCC[N+](C)(C)C)NC(=O)[C@@H]5[C@@H](O)[C@@H](C)CN5C(=O)[C@H]([C@@H](C)O)NC(=O)[C@H]([C@@H]5OB(c6ccc(OC)c(OC)c6)O[C@H]5c5ccc(O)cc5)CC(=O)[C@@H]5C[C@@H](O)CN5C(=O)[C@H]([C@@H](C)O)NC4=O)cc3)cc2)cc1.[CH3-]. The molecule has 5 aromatic carbocycles. The van der Waals surface area contributed by atoms with Crippen molar-refractivity contribution in [3.63, 3.8) is 0 Å². The lowest BCUT2D eigenvalue weighted by Gasteiger charge is -2.34. The van der Waals surface area contributed by atoms with Crippen LogP contribution in [0, 0.1) is 19.3 Å². The highest BCUT2D eigenvalue weighted by Crippen LogP contribution is 2.40. The number of phenols is 1. The van der Waals surface area contributed by atoms with Gasteiger partial charge in [-0.05, 0) is 102 Å². The number of benzene rings is 5. The second-order valence-electron chi connectivity index (χ2n) is 27.1. The van der Waals surface area contributed by atoms with E-state index in [0.717, 1.165) is 57.1 Å². The minimum atomic E-state index is -1.91. The van der Waals surface area contributed by atoms with Crippen LogP contribution in [0.3, 0.4) is 0 Å². The summed E-state index contributed by atoms with van der Waals surface area (Å²) in [4.78, 5) is 108. The van der Waals surface area contributed by atoms with E-state index in [-0.39, 0.29) is 37.6 Å². The molecule has 100 heavy (non-hydrogen) atoms. The Hall–Kier alpha value is -8.51. The number of hydrogen-bond acceptors (Lipinski definition) is 19. The monoisotopic (exact) mass is 1390 g/mol. The number of likely N-dealkylation sites (N-methyl/N-ethyl adjacent to an activating group) is 1. The van der Waals surface area contributed by atoms with Gasteiger partial charge in [0, 0.05) is 43.8 Å². The van der Waals surface area contributed by atoms with E-state index < -0.39 is 165 Å². The topological polar surface area (TPSA) is 351 Å². The maximum atomic E-state index is 15.5. The van der Waals surface area contributed by atoms with Crippen molar-refractivity contribution in [2.75, 3.05) is 68.2 Å². The molecule has 0 spiro atoms. The lowest BCUT2D eigenvalue weighted by molar-refractivity contribution is -0.870. The quantitative estimate of drug-likeness (QED) is 0.0232. The maximum absolute atomic E-state index is 15.5. The number of nitrogens with one attached hydrogen (secondary N) is 4. The highest BCUT2D eigenvalue weighted by atomic mass is 16.7. The number of fused-ring (bicyclic) bond motifs is 2. The highest BCUT2D eigenvalue weighted by Gasteiger charge is 2.53. The number of quaternary nitrogens is 1. The lowest BCUT2D eigenvalue weighted by atomic mass is 9.79. The van der Waals surface area contributed by atoms with E-state index >= 15 is 24.0 Å². The molecular weight excluding hydrogens is 1290 g/mol. The number of phenolic OH excluding ortho intramolecular Hbond substituents is 1. The Bertz CT molecular complexity index is 3620. The van der Waals surface area contributed by atoms with Crippen molar-refractivity contribution in [1.82, 2.24) is 31.1 Å². The zero-order chi connectivity index (χ0) is 71.6. The Morgan fingerprint density at radius 2 is 1.28 bits per heavy atom. The van der Waals surface area contributed by atoms with Crippen molar-refractivity contribution in [3.8, 4) is 45.3 Å². The molecule has 6 amide bonds. The summed E-state index contributed by atoms with van der Waals surface area (Å²) < 4.78 is 36.7. The number of aliphatic hydroxyl groups excluding tert-OH is 5. The Labute approximate surface area is 583 Å². The lowest BCUT2D eigenvalue weighted by Crippen LogP contribution is -2.61. The van der Waals surface area contributed by atoms with Crippen molar-refractivity contribution < 1.29 is 96.9 Å². The number of carbonyl (C=O) groups excluding carboxylic acids is 7. The van der Waals surface area contributed by atoms with Crippen LogP contribution in [0.1, 0.15) is 88.2 Å². The van der Waals surface area contributed by atoms with Gasteiger partial charge in [0.1, 0.15) is 48.3 Å². The van der Waals surface area contributed by atoms with Crippen molar-refractivity contribution in [1.29, 1.82) is 0 Å². The summed E-state index contributed by atoms with van der Waals surface area (Å²) in [6, 6.07) is 23.8. The fourth-order valence-electron chi connectivity index (χ4n) is 12.8. The van der Waals surface area contributed by atoms with Crippen molar-refractivity contribution in [2.45, 2.75) is 145 Å². The van der Waals surface area contributed by atoms with Crippen LogP contribution in [-0.4, -0.2) is 235 Å². The second-order valence-corrected chi connectivity index (χ2v) is 27.1. The molecule has 0 aliphatic carbocycles. The number of nitrogens with zero attached hydrogens (tertiary/aromatic N) is 3. The molecule has 4 aliphatic rings. The molecule has 15 atom stereocenters. The maximum Gasteiger partial charge on any atom is 0.494 e. The molecule has 0 aromatic heterocycles. The number of methoxy groups -OCH3 is 2. The minimum Gasteiger partial charge on any atom is -0.508 e. The molecule has 5 aromatic rings. The van der Waals surface area contributed by atoms with Gasteiger partial charge in [-0.1, -0.05) is 93.4 Å². The fourth-order valence-corrected chi connectivity index (χ4v) is 12.8. The number of ketones is 1. The van der Waals surface area contributed by atoms with Gasteiger partial charge in [0.05, 0.1) is 97.2 Å². The molecule has 540 valence electrons. The van der Waals surface area contributed by atoms with E-state index in [2.05, 4.69) is 28.2 Å². The molecule has 0 bridgehead atoms. The number of aromatic hydroxyl groups is 1. The second kappa shape index (κ2) is 34.2. The number of hydrogen-bond donors (Lipinski definition) is 10. The number of ether oxygens (including phenoxy) is 4. The predicted octanol–water partition coefficient (Wildman–Crippen LogP) is 2.82. The van der Waals surface area contributed by atoms with E-state index in [9.17, 15) is 40.2 Å². The standard InChI is InChI=1S/C72H92BN7O19.CH3/c1-10-11-12-32-96-52-28-23-46(24-29-52)44-15-13-43(14-16-44)45-17-19-48(20-18-45)66(88)74-54-37-57(86)70(97-33-31-80(5,6)7)77-69(91)62-63(87)40(2)38-79(62)72(93)61(42(4)82)75-67(89)53(36-56(85)55-35-51(84)39-78(55)71(92)60(41(3)81)76-68(54)90)65-64(47-21-26-50(83)27-22-47)98-73(99-65)49-25-30-58(94-8)59(34-49)95-9;/h13-30,34,40-42,51,53-55,57,60-65,70,81-82,84,86-87H,10-12,31-33,35-39H2,1-9H3,(H4-,74,75,76,77,83,88,89,90,91);1H3/q;-1/p+1/t40-,41+,42+,51+,53-,54-,55-,57+,60-,61-,62-,63-,64-,65-,70+;/m0./s1. The number of unbranched alkanes of at least 4 members (excludes halogenated alkanes) is 2. The zero-order valence-electron chi connectivity index (χ0n) is 58.3. The first-order valence-electron chi connectivity index (χ1n) is 33.6. The summed E-state index contributed by atoms with van der Waals surface area (Å²) >= 11 is 0. The van der Waals surface area contributed by atoms with Crippen LogP contribution in [0.5, 0.6) is 23.0 Å². The number of amides is 6. The number of rotatable bonds is 20. The molecule has 10 N–H and O–H groups in total. The first kappa shape index (κ1) is 77.2. The fraction of sp³-hybridized carbons (Fsp3) is 0.479. The molecular formula is C73H96BN7O19. The van der Waals surface area contributed by atoms with E-state index in [1.165, 1.54) is 64.5 Å².